The Bertz CT molecular complexity index is 471. The van der Waals surface area contributed by atoms with E-state index in [1.54, 1.807) is 19.9 Å². The first-order valence-electron chi connectivity index (χ1n) is 6.07. The first kappa shape index (κ1) is 16.2. The Balaban J connectivity index is 2.69. The molecule has 1 heterocycles. The third-order valence-corrected chi connectivity index (χ3v) is 3.26. The lowest BCUT2D eigenvalue weighted by molar-refractivity contribution is -0.141. The number of aromatic nitrogens is 1. The first-order valence-corrected chi connectivity index (χ1v) is 6.60. The number of hydrogen-bond donors (Lipinski definition) is 1. The molecule has 0 atom stereocenters. The highest BCUT2D eigenvalue weighted by atomic mass is 35.5. The zero-order valence-corrected chi connectivity index (χ0v) is 12.3. The van der Waals surface area contributed by atoms with Crippen LogP contribution in [0.5, 0.6) is 0 Å². The van der Waals surface area contributed by atoms with Crippen LogP contribution in [-0.4, -0.2) is 40.8 Å². The average molecular weight is 300 g/mol. The van der Waals surface area contributed by atoms with Gasteiger partial charge < -0.3 is 14.7 Å². The Morgan fingerprint density at radius 2 is 2.30 bits per heavy atom. The minimum absolute atomic E-state index is 0.0992. The number of anilines is 1. The largest absolute Gasteiger partial charge is 0.363 e. The highest BCUT2D eigenvalue weighted by Gasteiger charge is 2.31. The summed E-state index contributed by atoms with van der Waals surface area (Å²) >= 11 is 5.79. The zero-order valence-electron chi connectivity index (χ0n) is 11.6. The fourth-order valence-corrected chi connectivity index (χ4v) is 1.61. The van der Waals surface area contributed by atoms with Crippen LogP contribution in [0.25, 0.3) is 0 Å². The molecule has 0 radical (unpaired) electrons. The minimum Gasteiger partial charge on any atom is -0.363 e. The van der Waals surface area contributed by atoms with Crippen molar-refractivity contribution in [3.05, 3.63) is 25.0 Å². The van der Waals surface area contributed by atoms with Gasteiger partial charge in [0.15, 0.2) is 5.82 Å². The Kier molecular flexibility index (Phi) is 5.76. The number of nitrogens with one attached hydrogen (secondary N) is 1. The van der Waals surface area contributed by atoms with Crippen molar-refractivity contribution in [3.63, 3.8) is 0 Å². The van der Waals surface area contributed by atoms with Gasteiger partial charge in [-0.25, -0.2) is 0 Å². The Hall–Kier alpha value is -1.82. The van der Waals surface area contributed by atoms with E-state index in [1.165, 1.54) is 17.2 Å². The van der Waals surface area contributed by atoms with Crippen molar-refractivity contribution in [1.29, 1.82) is 0 Å². The second-order valence-electron chi connectivity index (χ2n) is 4.92. The molecule has 0 aliphatic heterocycles. The van der Waals surface area contributed by atoms with Crippen LogP contribution in [0.15, 0.2) is 29.5 Å². The lowest BCUT2D eigenvalue weighted by Gasteiger charge is -2.29. The van der Waals surface area contributed by atoms with Gasteiger partial charge in [-0.05, 0) is 13.8 Å². The number of halogens is 1. The molecule has 0 unspecified atom stereocenters. The van der Waals surface area contributed by atoms with E-state index in [1.807, 2.05) is 0 Å². The van der Waals surface area contributed by atoms with Gasteiger partial charge >= 0.3 is 0 Å². The molecule has 0 saturated carbocycles. The van der Waals surface area contributed by atoms with E-state index < -0.39 is 5.41 Å². The molecule has 20 heavy (non-hydrogen) atoms. The monoisotopic (exact) mass is 299 g/mol. The highest BCUT2D eigenvalue weighted by molar-refractivity contribution is 6.19. The molecule has 0 aliphatic rings. The second-order valence-corrected chi connectivity index (χ2v) is 5.19. The molecule has 2 amide bonds. The summed E-state index contributed by atoms with van der Waals surface area (Å²) in [5.74, 6) is -0.0931. The quantitative estimate of drug-likeness (QED) is 0.616. The lowest BCUT2D eigenvalue weighted by atomic mass is 9.94. The zero-order chi connectivity index (χ0) is 15.2. The standard InChI is InChI=1S/C13H18ClN3O3/c1-4-6-17(12(19)13(2,3)9-14)8-11(18)15-10-5-7-20-16-10/h4-5,7H,1,6,8-9H2,2-3H3,(H,15,16,18). The van der Waals surface area contributed by atoms with Crippen LogP contribution < -0.4 is 5.32 Å². The van der Waals surface area contributed by atoms with Crippen molar-refractivity contribution >= 4 is 29.2 Å². The van der Waals surface area contributed by atoms with E-state index in [2.05, 4.69) is 21.6 Å². The van der Waals surface area contributed by atoms with Crippen molar-refractivity contribution < 1.29 is 14.1 Å². The summed E-state index contributed by atoms with van der Waals surface area (Å²) in [6.07, 6.45) is 2.91. The smallest absolute Gasteiger partial charge is 0.245 e. The molecule has 0 saturated heterocycles. The van der Waals surface area contributed by atoms with Crippen LogP contribution in [0.4, 0.5) is 5.82 Å². The maximum Gasteiger partial charge on any atom is 0.245 e. The maximum atomic E-state index is 12.3. The highest BCUT2D eigenvalue weighted by Crippen LogP contribution is 2.20. The SMILES string of the molecule is C=CCN(CC(=O)Nc1ccon1)C(=O)C(C)(C)CCl. The third-order valence-electron chi connectivity index (χ3n) is 2.59. The van der Waals surface area contributed by atoms with Crippen LogP contribution >= 0.6 is 11.6 Å². The molecule has 1 aromatic rings. The fraction of sp³-hybridized carbons (Fsp3) is 0.462. The van der Waals surface area contributed by atoms with Gasteiger partial charge in [-0.2, -0.15) is 0 Å². The van der Waals surface area contributed by atoms with Crippen molar-refractivity contribution in [1.82, 2.24) is 10.1 Å². The van der Waals surface area contributed by atoms with Crippen molar-refractivity contribution in [2.24, 2.45) is 5.41 Å². The Morgan fingerprint density at radius 1 is 1.60 bits per heavy atom. The average Bonchev–Trinajstić information content (AvgIpc) is 2.90. The minimum atomic E-state index is -0.737. The molecule has 0 fully saturated rings. The van der Waals surface area contributed by atoms with Crippen LogP contribution in [0.2, 0.25) is 0 Å². The van der Waals surface area contributed by atoms with Crippen molar-refractivity contribution in [2.45, 2.75) is 13.8 Å². The van der Waals surface area contributed by atoms with Crippen molar-refractivity contribution in [2.75, 3.05) is 24.3 Å². The van der Waals surface area contributed by atoms with Crippen LogP contribution in [0.3, 0.4) is 0 Å². The van der Waals surface area contributed by atoms with E-state index in [0.29, 0.717) is 5.82 Å². The number of alkyl halides is 1. The maximum absolute atomic E-state index is 12.3. The van der Waals surface area contributed by atoms with Gasteiger partial charge in [0, 0.05) is 18.5 Å². The Morgan fingerprint density at radius 3 is 2.80 bits per heavy atom. The summed E-state index contributed by atoms with van der Waals surface area (Å²) in [6.45, 7) is 7.22. The molecule has 0 aliphatic carbocycles. The summed E-state index contributed by atoms with van der Waals surface area (Å²) in [6, 6.07) is 1.51. The predicted molar refractivity (Wildman–Crippen MR) is 76.4 cm³/mol. The number of rotatable bonds is 7. The normalized spacial score (nSPS) is 10.9. The third kappa shape index (κ3) is 4.38. The van der Waals surface area contributed by atoms with Crippen LogP contribution in [-0.2, 0) is 9.59 Å². The lowest BCUT2D eigenvalue weighted by Crippen LogP contribution is -2.45. The molecule has 6 nitrogen and oxygen atoms in total. The van der Waals surface area contributed by atoms with Gasteiger partial charge in [0.25, 0.3) is 0 Å². The van der Waals surface area contributed by atoms with Crippen LogP contribution in [0.1, 0.15) is 13.8 Å². The van der Waals surface area contributed by atoms with E-state index in [-0.39, 0.29) is 30.8 Å². The van der Waals surface area contributed by atoms with E-state index in [0.717, 1.165) is 0 Å². The topological polar surface area (TPSA) is 75.4 Å². The molecule has 1 N–H and O–H groups in total. The molecule has 110 valence electrons. The van der Waals surface area contributed by atoms with E-state index >= 15 is 0 Å². The van der Waals surface area contributed by atoms with Gasteiger partial charge in [0.2, 0.25) is 11.8 Å². The van der Waals surface area contributed by atoms with Gasteiger partial charge in [0.1, 0.15) is 12.8 Å². The molecule has 7 heteroatoms. The summed E-state index contributed by atoms with van der Waals surface area (Å²) < 4.78 is 4.61. The van der Waals surface area contributed by atoms with Gasteiger partial charge in [0.05, 0.1) is 5.41 Å². The number of carbonyl (C=O) groups is 2. The first-order chi connectivity index (χ1) is 9.40. The summed E-state index contributed by atoms with van der Waals surface area (Å²) in [7, 11) is 0. The number of nitrogens with zero attached hydrogens (tertiary/aromatic N) is 2. The van der Waals surface area contributed by atoms with Crippen molar-refractivity contribution in [3.8, 4) is 0 Å². The molecule has 1 rings (SSSR count). The van der Waals surface area contributed by atoms with E-state index in [4.69, 9.17) is 11.6 Å². The van der Waals surface area contributed by atoms with Gasteiger partial charge in [-0.3, -0.25) is 9.59 Å². The Labute approximate surface area is 122 Å². The number of amides is 2. The fourth-order valence-electron chi connectivity index (χ4n) is 1.49. The summed E-state index contributed by atoms with van der Waals surface area (Å²) in [5.41, 5.74) is -0.737. The number of hydrogen-bond acceptors (Lipinski definition) is 4. The van der Waals surface area contributed by atoms with Gasteiger partial charge in [-0.15, -0.1) is 18.2 Å². The van der Waals surface area contributed by atoms with E-state index in [9.17, 15) is 9.59 Å². The molecule has 0 bridgehead atoms. The predicted octanol–water partition coefficient (Wildman–Crippen LogP) is 1.89. The molecule has 0 aromatic carbocycles. The summed E-state index contributed by atoms with van der Waals surface area (Å²) in [5, 5.41) is 6.10. The van der Waals surface area contributed by atoms with Gasteiger partial charge in [-0.1, -0.05) is 11.2 Å². The second kappa shape index (κ2) is 7.09. The molecular formula is C13H18ClN3O3. The molecule has 0 spiro atoms. The molecule has 1 aromatic heterocycles. The number of carbonyl (C=O) groups excluding carboxylic acids is 2. The van der Waals surface area contributed by atoms with Crippen LogP contribution in [0, 0.1) is 5.41 Å². The summed E-state index contributed by atoms with van der Waals surface area (Å²) in [4.78, 5) is 25.6. The molecular weight excluding hydrogens is 282 g/mol.